The van der Waals surface area contributed by atoms with E-state index in [9.17, 15) is 19.7 Å². The van der Waals surface area contributed by atoms with Gasteiger partial charge in [0.15, 0.2) is 0 Å². The van der Waals surface area contributed by atoms with Gasteiger partial charge in [0.05, 0.1) is 23.1 Å². The fraction of sp³-hybridized carbons (Fsp3) is 0.333. The van der Waals surface area contributed by atoms with E-state index in [0.717, 1.165) is 11.3 Å². The molecule has 2 amide bonds. The lowest BCUT2D eigenvalue weighted by molar-refractivity contribution is -0.384. The summed E-state index contributed by atoms with van der Waals surface area (Å²) in [7, 11) is 0. The smallest absolute Gasteiger partial charge is 0.269 e. The Bertz CT molecular complexity index is 951. The van der Waals surface area contributed by atoms with Gasteiger partial charge in [-0.2, -0.15) is 0 Å². The third-order valence-corrected chi connectivity index (χ3v) is 5.56. The van der Waals surface area contributed by atoms with E-state index in [-0.39, 0.29) is 23.9 Å². The Morgan fingerprint density at radius 1 is 0.966 bits per heavy atom. The Balaban J connectivity index is 1.41. The zero-order valence-corrected chi connectivity index (χ0v) is 16.2. The molecule has 2 aromatic rings. The van der Waals surface area contributed by atoms with Gasteiger partial charge in [-0.15, -0.1) is 0 Å². The van der Waals surface area contributed by atoms with Crippen LogP contribution in [0.1, 0.15) is 12.0 Å². The highest BCUT2D eigenvalue weighted by Gasteiger charge is 2.43. The van der Waals surface area contributed by atoms with Gasteiger partial charge in [-0.05, 0) is 36.8 Å². The predicted molar refractivity (Wildman–Crippen MR) is 109 cm³/mol. The number of hydrogen-bond acceptors (Lipinski definition) is 6. The van der Waals surface area contributed by atoms with Crippen molar-refractivity contribution in [1.29, 1.82) is 0 Å². The zero-order chi connectivity index (χ0) is 20.5. The summed E-state index contributed by atoms with van der Waals surface area (Å²) in [5, 5.41) is 10.8. The van der Waals surface area contributed by atoms with Gasteiger partial charge in [0, 0.05) is 44.0 Å². The highest BCUT2D eigenvalue weighted by atomic mass is 16.6. The number of amides is 2. The van der Waals surface area contributed by atoms with Crippen LogP contribution in [0.2, 0.25) is 0 Å². The van der Waals surface area contributed by atoms with Crippen molar-refractivity contribution in [3.63, 3.8) is 0 Å². The van der Waals surface area contributed by atoms with Gasteiger partial charge in [0.25, 0.3) is 11.6 Å². The second-order valence-electron chi connectivity index (χ2n) is 7.42. The van der Waals surface area contributed by atoms with Gasteiger partial charge >= 0.3 is 0 Å². The van der Waals surface area contributed by atoms with Crippen LogP contribution in [-0.2, 0) is 9.59 Å². The molecule has 2 fully saturated rings. The van der Waals surface area contributed by atoms with Gasteiger partial charge in [0.2, 0.25) is 5.91 Å². The van der Waals surface area contributed by atoms with Crippen LogP contribution >= 0.6 is 0 Å². The fourth-order valence-electron chi connectivity index (χ4n) is 4.02. The summed E-state index contributed by atoms with van der Waals surface area (Å²) in [6.07, 6.45) is 0.199. The Morgan fingerprint density at radius 2 is 1.66 bits per heavy atom. The fourth-order valence-corrected chi connectivity index (χ4v) is 4.02. The van der Waals surface area contributed by atoms with Crippen molar-refractivity contribution in [1.82, 2.24) is 4.90 Å². The minimum absolute atomic E-state index is 0.0682. The summed E-state index contributed by atoms with van der Waals surface area (Å²) in [4.78, 5) is 41.4. The minimum atomic E-state index is -0.429. The molecule has 2 saturated heterocycles. The average molecular weight is 394 g/mol. The number of imide groups is 1. The van der Waals surface area contributed by atoms with Gasteiger partial charge in [-0.1, -0.05) is 12.1 Å². The molecule has 0 unspecified atom stereocenters. The van der Waals surface area contributed by atoms with E-state index in [2.05, 4.69) is 9.80 Å². The van der Waals surface area contributed by atoms with Crippen LogP contribution < -0.4 is 9.80 Å². The summed E-state index contributed by atoms with van der Waals surface area (Å²) in [6, 6.07) is 13.5. The number of rotatable bonds is 4. The number of non-ortho nitro benzene ring substituents is 1. The lowest BCUT2D eigenvalue weighted by atomic mass is 10.1. The first-order chi connectivity index (χ1) is 13.9. The van der Waals surface area contributed by atoms with Crippen LogP contribution in [0.3, 0.4) is 0 Å². The van der Waals surface area contributed by atoms with Crippen molar-refractivity contribution in [2.75, 3.05) is 36.0 Å². The predicted octanol–water partition coefficient (Wildman–Crippen LogP) is 2.36. The van der Waals surface area contributed by atoms with Crippen molar-refractivity contribution >= 4 is 28.9 Å². The van der Waals surface area contributed by atoms with E-state index >= 15 is 0 Å². The summed E-state index contributed by atoms with van der Waals surface area (Å²) < 4.78 is 0. The molecule has 150 valence electrons. The molecule has 0 N–H and O–H groups in total. The number of carbonyl (C=O) groups excluding carboxylic acids is 2. The second kappa shape index (κ2) is 7.63. The molecule has 4 rings (SSSR count). The molecule has 0 aromatic heterocycles. The molecule has 2 aromatic carbocycles. The van der Waals surface area contributed by atoms with Gasteiger partial charge in [-0.25, -0.2) is 4.90 Å². The van der Waals surface area contributed by atoms with E-state index in [1.807, 2.05) is 25.1 Å². The highest BCUT2D eigenvalue weighted by Crippen LogP contribution is 2.28. The number of benzene rings is 2. The molecule has 2 heterocycles. The number of aryl methyl sites for hydroxylation is 1. The SMILES string of the molecule is Cc1cccc(N2C(=O)C[C@H](N3CCN(c4ccc([N+](=O)[O-])cc4)CC3)C2=O)c1. The van der Waals surface area contributed by atoms with Crippen LogP contribution in [0.5, 0.6) is 0 Å². The van der Waals surface area contributed by atoms with Gasteiger partial charge < -0.3 is 4.90 Å². The second-order valence-corrected chi connectivity index (χ2v) is 7.42. The first-order valence-electron chi connectivity index (χ1n) is 9.61. The standard InChI is InChI=1S/C21H22N4O4/c1-15-3-2-4-18(13-15)24-20(26)14-19(21(24)27)23-11-9-22(10-12-23)16-5-7-17(8-6-16)25(28)29/h2-8,13,19H,9-12,14H2,1H3/t19-/m0/s1. The Hall–Kier alpha value is -3.26. The van der Waals surface area contributed by atoms with Crippen molar-refractivity contribution < 1.29 is 14.5 Å². The molecule has 0 radical (unpaired) electrons. The maximum atomic E-state index is 13.0. The lowest BCUT2D eigenvalue weighted by Gasteiger charge is -2.38. The monoisotopic (exact) mass is 394 g/mol. The average Bonchev–Trinajstić information content (AvgIpc) is 3.02. The number of nitro groups is 1. The van der Waals surface area contributed by atoms with E-state index in [1.165, 1.54) is 17.0 Å². The lowest BCUT2D eigenvalue weighted by Crippen LogP contribution is -2.52. The number of nitrogens with zero attached hydrogens (tertiary/aromatic N) is 4. The van der Waals surface area contributed by atoms with E-state index in [1.54, 1.807) is 18.2 Å². The number of piperazine rings is 1. The van der Waals surface area contributed by atoms with E-state index in [0.29, 0.717) is 31.9 Å². The van der Waals surface area contributed by atoms with Crippen molar-refractivity contribution in [2.24, 2.45) is 0 Å². The van der Waals surface area contributed by atoms with E-state index in [4.69, 9.17) is 0 Å². The molecule has 2 aliphatic rings. The molecule has 0 saturated carbocycles. The summed E-state index contributed by atoms with van der Waals surface area (Å²) >= 11 is 0. The third kappa shape index (κ3) is 3.71. The van der Waals surface area contributed by atoms with E-state index < -0.39 is 11.0 Å². The normalized spacial score (nSPS) is 20.4. The molecule has 1 atom stereocenters. The Labute approximate surface area is 168 Å². The molecule has 0 aliphatic carbocycles. The van der Waals surface area contributed by atoms with Crippen molar-refractivity contribution in [3.05, 3.63) is 64.2 Å². The molecular formula is C21H22N4O4. The Kier molecular flexibility index (Phi) is 5.02. The molecule has 8 heteroatoms. The quantitative estimate of drug-likeness (QED) is 0.449. The maximum absolute atomic E-state index is 13.0. The largest absolute Gasteiger partial charge is 0.369 e. The minimum Gasteiger partial charge on any atom is -0.369 e. The van der Waals surface area contributed by atoms with Gasteiger partial charge in [0.1, 0.15) is 0 Å². The topological polar surface area (TPSA) is 87.0 Å². The molecule has 0 bridgehead atoms. The molecular weight excluding hydrogens is 372 g/mol. The summed E-state index contributed by atoms with van der Waals surface area (Å²) in [6.45, 7) is 4.63. The Morgan fingerprint density at radius 3 is 2.28 bits per heavy atom. The van der Waals surface area contributed by atoms with Crippen LogP contribution in [0.4, 0.5) is 17.1 Å². The molecule has 2 aliphatic heterocycles. The van der Waals surface area contributed by atoms with Crippen LogP contribution in [0.15, 0.2) is 48.5 Å². The van der Waals surface area contributed by atoms with Crippen molar-refractivity contribution in [3.8, 4) is 0 Å². The summed E-state index contributed by atoms with van der Waals surface area (Å²) in [5.41, 5.74) is 2.62. The van der Waals surface area contributed by atoms with Gasteiger partial charge in [-0.3, -0.25) is 24.6 Å². The third-order valence-electron chi connectivity index (χ3n) is 5.56. The van der Waals surface area contributed by atoms with Crippen LogP contribution in [0, 0.1) is 17.0 Å². The number of anilines is 2. The summed E-state index contributed by atoms with van der Waals surface area (Å²) in [5.74, 6) is -0.326. The van der Waals surface area contributed by atoms with Crippen LogP contribution in [0.25, 0.3) is 0 Å². The zero-order valence-electron chi connectivity index (χ0n) is 16.2. The number of hydrogen-bond donors (Lipinski definition) is 0. The van der Waals surface area contributed by atoms with Crippen molar-refractivity contribution in [2.45, 2.75) is 19.4 Å². The first kappa shape index (κ1) is 19.1. The van der Waals surface area contributed by atoms with Crippen LogP contribution in [-0.4, -0.2) is 53.9 Å². The first-order valence-corrected chi connectivity index (χ1v) is 9.61. The molecule has 29 heavy (non-hydrogen) atoms. The molecule has 8 nitrogen and oxygen atoms in total. The maximum Gasteiger partial charge on any atom is 0.269 e. The number of carbonyl (C=O) groups is 2. The number of nitro benzene ring substituents is 1. The molecule has 0 spiro atoms. The highest BCUT2D eigenvalue weighted by molar-refractivity contribution is 6.22.